The molecule has 4 heteroatoms. The standard InChI is InChI=1S/C13H10N4/c1-2-4-11-9(3-1)5-12-10-6-14-7-15-13(10)16-8-17(11)12/h1-5,7-8,11H,6H2. The molecule has 0 spiro atoms. The van der Waals surface area contributed by atoms with Gasteiger partial charge in [-0.2, -0.15) is 0 Å². The van der Waals surface area contributed by atoms with Gasteiger partial charge in [-0.15, -0.1) is 0 Å². The normalized spacial score (nSPS) is 27.8. The first-order valence-electron chi connectivity index (χ1n) is 5.62. The van der Waals surface area contributed by atoms with Crippen LogP contribution in [0, 0.1) is 0 Å². The number of hydrogen-bond acceptors (Lipinski definition) is 4. The Morgan fingerprint density at radius 1 is 1.29 bits per heavy atom. The number of fused-ring (bicyclic) bond motifs is 4. The fraction of sp³-hybridized carbons (Fsp3) is 0.154. The second-order valence-corrected chi connectivity index (χ2v) is 4.26. The number of nitrogens with zero attached hydrogens (tertiary/aromatic N) is 4. The van der Waals surface area contributed by atoms with Crippen LogP contribution >= 0.6 is 0 Å². The monoisotopic (exact) mass is 222 g/mol. The molecule has 0 saturated heterocycles. The molecular formula is C13H10N4. The molecule has 0 radical (unpaired) electrons. The minimum atomic E-state index is 0.290. The predicted octanol–water partition coefficient (Wildman–Crippen LogP) is 1.46. The molecule has 1 aliphatic carbocycles. The van der Waals surface area contributed by atoms with Crippen LogP contribution in [0.15, 0.2) is 62.2 Å². The highest BCUT2D eigenvalue weighted by atomic mass is 15.2. The lowest BCUT2D eigenvalue weighted by Gasteiger charge is -2.28. The van der Waals surface area contributed by atoms with Crippen LogP contribution in [0.4, 0.5) is 0 Å². The van der Waals surface area contributed by atoms with E-state index in [4.69, 9.17) is 0 Å². The molecule has 0 aromatic heterocycles. The topological polar surface area (TPSA) is 40.3 Å². The van der Waals surface area contributed by atoms with Crippen molar-refractivity contribution in [2.24, 2.45) is 15.0 Å². The van der Waals surface area contributed by atoms with Crippen LogP contribution in [-0.2, 0) is 0 Å². The van der Waals surface area contributed by atoms with Gasteiger partial charge in [0.15, 0.2) is 5.84 Å². The molecule has 0 saturated carbocycles. The summed E-state index contributed by atoms with van der Waals surface area (Å²) in [6.07, 6.45) is 14.1. The van der Waals surface area contributed by atoms with Crippen LogP contribution in [0.25, 0.3) is 0 Å². The minimum Gasteiger partial charge on any atom is -0.321 e. The van der Waals surface area contributed by atoms with Gasteiger partial charge in [-0.05, 0) is 11.6 Å². The zero-order valence-electron chi connectivity index (χ0n) is 9.11. The van der Waals surface area contributed by atoms with E-state index in [9.17, 15) is 0 Å². The molecule has 4 aliphatic rings. The lowest BCUT2D eigenvalue weighted by atomic mass is 10.0. The lowest BCUT2D eigenvalue weighted by molar-refractivity contribution is 0.530. The number of rotatable bonds is 0. The van der Waals surface area contributed by atoms with Crippen molar-refractivity contribution >= 4 is 18.5 Å². The van der Waals surface area contributed by atoms with Gasteiger partial charge < -0.3 is 4.90 Å². The van der Waals surface area contributed by atoms with Crippen molar-refractivity contribution in [3.63, 3.8) is 0 Å². The van der Waals surface area contributed by atoms with E-state index >= 15 is 0 Å². The first kappa shape index (κ1) is 8.87. The third-order valence-corrected chi connectivity index (χ3v) is 3.31. The van der Waals surface area contributed by atoms with E-state index in [1.807, 2.05) is 6.34 Å². The van der Waals surface area contributed by atoms with E-state index in [0.29, 0.717) is 12.6 Å². The second kappa shape index (κ2) is 3.13. The predicted molar refractivity (Wildman–Crippen MR) is 68.3 cm³/mol. The molecule has 0 bridgehead atoms. The highest BCUT2D eigenvalue weighted by Crippen LogP contribution is 2.33. The van der Waals surface area contributed by atoms with E-state index in [0.717, 1.165) is 11.4 Å². The largest absolute Gasteiger partial charge is 0.321 e. The summed E-state index contributed by atoms with van der Waals surface area (Å²) in [6.45, 7) is 0.673. The molecule has 0 N–H and O–H groups in total. The maximum absolute atomic E-state index is 4.40. The number of amidine groups is 1. The molecule has 0 fully saturated rings. The third-order valence-electron chi connectivity index (χ3n) is 3.31. The SMILES string of the molecule is C1=CC2=CC3=C4CN=CN=C4N=CN3C2C=C1. The zero-order valence-corrected chi connectivity index (χ0v) is 9.11. The summed E-state index contributed by atoms with van der Waals surface area (Å²) in [5, 5.41) is 0. The van der Waals surface area contributed by atoms with Crippen LogP contribution < -0.4 is 0 Å². The number of hydrogen-bond donors (Lipinski definition) is 0. The summed E-state index contributed by atoms with van der Waals surface area (Å²) >= 11 is 0. The van der Waals surface area contributed by atoms with Crippen LogP contribution in [-0.4, -0.2) is 36.0 Å². The van der Waals surface area contributed by atoms with E-state index in [2.05, 4.69) is 50.3 Å². The Morgan fingerprint density at radius 3 is 3.29 bits per heavy atom. The average Bonchev–Trinajstić information content (AvgIpc) is 2.78. The highest BCUT2D eigenvalue weighted by molar-refractivity contribution is 6.10. The van der Waals surface area contributed by atoms with Crippen molar-refractivity contribution < 1.29 is 0 Å². The maximum atomic E-state index is 4.40. The molecule has 0 aromatic rings. The van der Waals surface area contributed by atoms with Gasteiger partial charge in [0.05, 0.1) is 24.6 Å². The van der Waals surface area contributed by atoms with Crippen molar-refractivity contribution in [1.29, 1.82) is 0 Å². The van der Waals surface area contributed by atoms with Crippen molar-refractivity contribution in [3.05, 3.63) is 47.2 Å². The van der Waals surface area contributed by atoms with Crippen molar-refractivity contribution in [1.82, 2.24) is 4.90 Å². The second-order valence-electron chi connectivity index (χ2n) is 4.26. The summed E-state index contributed by atoms with van der Waals surface area (Å²) in [5.41, 5.74) is 3.61. The first-order valence-corrected chi connectivity index (χ1v) is 5.62. The van der Waals surface area contributed by atoms with Crippen molar-refractivity contribution in [2.75, 3.05) is 6.54 Å². The summed E-state index contributed by atoms with van der Waals surface area (Å²) in [5.74, 6) is 0.801. The zero-order chi connectivity index (χ0) is 11.2. The smallest absolute Gasteiger partial charge is 0.162 e. The number of allylic oxidation sites excluding steroid dienone is 3. The Hall–Kier alpha value is -2.23. The van der Waals surface area contributed by atoms with Crippen LogP contribution in [0.3, 0.4) is 0 Å². The molecule has 17 heavy (non-hydrogen) atoms. The van der Waals surface area contributed by atoms with Gasteiger partial charge in [-0.3, -0.25) is 4.99 Å². The molecule has 0 aromatic carbocycles. The third kappa shape index (κ3) is 1.15. The highest BCUT2D eigenvalue weighted by Gasteiger charge is 2.32. The quantitative estimate of drug-likeness (QED) is 0.611. The van der Waals surface area contributed by atoms with Crippen LogP contribution in [0.2, 0.25) is 0 Å². The molecular weight excluding hydrogens is 212 g/mol. The Kier molecular flexibility index (Phi) is 1.63. The van der Waals surface area contributed by atoms with E-state index in [1.54, 1.807) is 6.34 Å². The molecule has 3 heterocycles. The molecule has 82 valence electrons. The Labute approximate surface area is 98.8 Å². The molecule has 1 unspecified atom stereocenters. The van der Waals surface area contributed by atoms with Crippen molar-refractivity contribution in [3.8, 4) is 0 Å². The van der Waals surface area contributed by atoms with Gasteiger partial charge in [-0.1, -0.05) is 24.3 Å². The van der Waals surface area contributed by atoms with Gasteiger partial charge in [0.2, 0.25) is 0 Å². The van der Waals surface area contributed by atoms with Gasteiger partial charge in [-0.25, -0.2) is 9.98 Å². The summed E-state index contributed by atoms with van der Waals surface area (Å²) in [4.78, 5) is 15.0. The Balaban J connectivity index is 1.89. The minimum absolute atomic E-state index is 0.290. The summed E-state index contributed by atoms with van der Waals surface area (Å²) < 4.78 is 0. The van der Waals surface area contributed by atoms with Gasteiger partial charge in [0.25, 0.3) is 0 Å². The van der Waals surface area contributed by atoms with Gasteiger partial charge >= 0.3 is 0 Å². The molecule has 4 rings (SSSR count). The van der Waals surface area contributed by atoms with Gasteiger partial charge in [0.1, 0.15) is 6.34 Å². The van der Waals surface area contributed by atoms with Gasteiger partial charge in [0, 0.05) is 5.57 Å². The van der Waals surface area contributed by atoms with E-state index in [1.165, 1.54) is 11.3 Å². The van der Waals surface area contributed by atoms with Crippen molar-refractivity contribution in [2.45, 2.75) is 6.04 Å². The molecule has 3 aliphatic heterocycles. The molecule has 1 atom stereocenters. The summed E-state index contributed by atoms with van der Waals surface area (Å²) in [7, 11) is 0. The first-order chi connectivity index (χ1) is 8.43. The Morgan fingerprint density at radius 2 is 2.29 bits per heavy atom. The number of aliphatic imine (C=N–C) groups is 3. The lowest BCUT2D eigenvalue weighted by Crippen LogP contribution is -2.33. The van der Waals surface area contributed by atoms with Crippen LogP contribution in [0.1, 0.15) is 0 Å². The van der Waals surface area contributed by atoms with Crippen LogP contribution in [0.5, 0.6) is 0 Å². The summed E-state index contributed by atoms with van der Waals surface area (Å²) in [6, 6.07) is 0.290. The van der Waals surface area contributed by atoms with E-state index in [-0.39, 0.29) is 0 Å². The fourth-order valence-corrected chi connectivity index (χ4v) is 2.49. The molecule has 4 nitrogen and oxygen atoms in total. The maximum Gasteiger partial charge on any atom is 0.162 e. The fourth-order valence-electron chi connectivity index (χ4n) is 2.49. The molecule has 0 amide bonds. The Bertz CT molecular complexity index is 599. The van der Waals surface area contributed by atoms with E-state index < -0.39 is 0 Å². The average molecular weight is 222 g/mol.